The van der Waals surface area contributed by atoms with Crippen molar-refractivity contribution in [2.45, 2.75) is 13.0 Å². The first-order chi connectivity index (χ1) is 8.24. The van der Waals surface area contributed by atoms with Crippen molar-refractivity contribution in [2.75, 3.05) is 0 Å². The first-order valence-corrected chi connectivity index (χ1v) is 6.64. The van der Waals surface area contributed by atoms with E-state index in [4.69, 9.17) is 11.6 Å². The van der Waals surface area contributed by atoms with Crippen LogP contribution in [0.25, 0.3) is 0 Å². The van der Waals surface area contributed by atoms with Crippen molar-refractivity contribution in [2.24, 2.45) is 4.99 Å². The van der Waals surface area contributed by atoms with Gasteiger partial charge in [0, 0.05) is 16.9 Å². The summed E-state index contributed by atoms with van der Waals surface area (Å²) in [6, 6.07) is 8.22. The van der Waals surface area contributed by atoms with E-state index in [-0.39, 0.29) is 6.04 Å². The van der Waals surface area contributed by atoms with Gasteiger partial charge in [0.2, 0.25) is 0 Å². The molecule has 0 aliphatic carbocycles. The number of thioether (sulfide) groups is 1. The summed E-state index contributed by atoms with van der Waals surface area (Å²) >= 11 is 7.58. The first kappa shape index (κ1) is 10.9. The molecule has 0 aromatic heterocycles. The van der Waals surface area contributed by atoms with Crippen LogP contribution in [0.1, 0.15) is 18.5 Å². The third kappa shape index (κ3) is 2.01. The Morgan fingerprint density at radius 2 is 2.06 bits per heavy atom. The maximum Gasteiger partial charge on any atom is 0.173 e. The molecule has 1 atom stereocenters. The van der Waals surface area contributed by atoms with Gasteiger partial charge in [0.1, 0.15) is 0 Å². The highest BCUT2D eigenvalue weighted by molar-refractivity contribution is 8.16. The Bertz CT molecular complexity index is 531. The van der Waals surface area contributed by atoms with Gasteiger partial charge < -0.3 is 4.90 Å². The molecule has 3 rings (SSSR count). The molecule has 0 saturated carbocycles. The van der Waals surface area contributed by atoms with E-state index in [1.807, 2.05) is 19.1 Å². The number of rotatable bonds is 1. The monoisotopic (exact) mass is 262 g/mol. The second kappa shape index (κ2) is 4.24. The van der Waals surface area contributed by atoms with Crippen LogP contribution >= 0.6 is 23.4 Å². The molecule has 2 nitrogen and oxygen atoms in total. The lowest BCUT2D eigenvalue weighted by atomic mass is 10.0. The molecule has 0 bridgehead atoms. The standard InChI is InChI=1S/C13H11ClN2S/c1-9-8-12(10-2-4-11(14)5-3-10)16-6-7-17-13(16)15-9/h2-8,12H,1H3. The molecule has 2 heterocycles. The lowest BCUT2D eigenvalue weighted by Crippen LogP contribution is -2.27. The van der Waals surface area contributed by atoms with Crippen LogP contribution in [0.3, 0.4) is 0 Å². The summed E-state index contributed by atoms with van der Waals surface area (Å²) in [5.41, 5.74) is 2.29. The van der Waals surface area contributed by atoms with Crippen LogP contribution in [0.4, 0.5) is 0 Å². The predicted octanol–water partition coefficient (Wildman–Crippen LogP) is 4.17. The molecule has 0 amide bonds. The number of allylic oxidation sites excluding steroid dienone is 1. The molecule has 86 valence electrons. The van der Waals surface area contributed by atoms with Crippen LogP contribution in [-0.4, -0.2) is 10.1 Å². The smallest absolute Gasteiger partial charge is 0.173 e. The third-order valence-corrected chi connectivity index (χ3v) is 3.82. The number of amidine groups is 1. The highest BCUT2D eigenvalue weighted by Crippen LogP contribution is 2.35. The average molecular weight is 263 g/mol. The summed E-state index contributed by atoms with van der Waals surface area (Å²) in [5.74, 6) is 0. The van der Waals surface area contributed by atoms with Gasteiger partial charge in [-0.25, -0.2) is 4.99 Å². The van der Waals surface area contributed by atoms with Gasteiger partial charge in [-0.05, 0) is 36.1 Å². The molecule has 2 aliphatic rings. The fourth-order valence-corrected chi connectivity index (χ4v) is 2.92. The molecule has 0 radical (unpaired) electrons. The minimum atomic E-state index is 0.228. The Hall–Kier alpha value is -1.19. The van der Waals surface area contributed by atoms with Gasteiger partial charge in [-0.1, -0.05) is 35.5 Å². The summed E-state index contributed by atoms with van der Waals surface area (Å²) in [6.45, 7) is 2.03. The maximum atomic E-state index is 5.92. The fourth-order valence-electron chi connectivity index (χ4n) is 1.99. The van der Waals surface area contributed by atoms with E-state index in [1.54, 1.807) is 11.8 Å². The van der Waals surface area contributed by atoms with Crippen molar-refractivity contribution >= 4 is 28.5 Å². The van der Waals surface area contributed by atoms with Crippen LogP contribution in [0.15, 0.2) is 52.6 Å². The van der Waals surface area contributed by atoms with Gasteiger partial charge in [-0.3, -0.25) is 0 Å². The highest BCUT2D eigenvalue weighted by Gasteiger charge is 2.26. The van der Waals surface area contributed by atoms with Crippen LogP contribution in [-0.2, 0) is 0 Å². The molecular weight excluding hydrogens is 252 g/mol. The predicted molar refractivity (Wildman–Crippen MR) is 74.0 cm³/mol. The summed E-state index contributed by atoms with van der Waals surface area (Å²) in [6.07, 6.45) is 4.24. The zero-order valence-electron chi connectivity index (χ0n) is 9.30. The normalized spacial score (nSPS) is 22.2. The number of nitrogens with zero attached hydrogens (tertiary/aromatic N) is 2. The van der Waals surface area contributed by atoms with E-state index in [1.165, 1.54) is 5.56 Å². The molecule has 0 fully saturated rings. The summed E-state index contributed by atoms with van der Waals surface area (Å²) in [4.78, 5) is 6.70. The molecule has 0 N–H and O–H groups in total. The summed E-state index contributed by atoms with van der Waals surface area (Å²) < 4.78 is 0. The minimum absolute atomic E-state index is 0.228. The quantitative estimate of drug-likeness (QED) is 0.755. The molecule has 0 saturated heterocycles. The van der Waals surface area contributed by atoms with E-state index >= 15 is 0 Å². The molecule has 2 aliphatic heterocycles. The van der Waals surface area contributed by atoms with Gasteiger partial charge in [0.15, 0.2) is 5.17 Å². The number of hydrogen-bond donors (Lipinski definition) is 0. The largest absolute Gasteiger partial charge is 0.316 e. The Balaban J connectivity index is 2.00. The van der Waals surface area contributed by atoms with E-state index in [9.17, 15) is 0 Å². The Morgan fingerprint density at radius 3 is 2.82 bits per heavy atom. The van der Waals surface area contributed by atoms with Crippen LogP contribution < -0.4 is 0 Å². The zero-order valence-corrected chi connectivity index (χ0v) is 10.9. The second-order valence-electron chi connectivity index (χ2n) is 4.01. The minimum Gasteiger partial charge on any atom is -0.316 e. The fraction of sp³-hybridized carbons (Fsp3) is 0.154. The van der Waals surface area contributed by atoms with E-state index in [2.05, 4.69) is 39.7 Å². The van der Waals surface area contributed by atoms with Gasteiger partial charge in [0.05, 0.1) is 6.04 Å². The Kier molecular flexibility index (Phi) is 2.73. The maximum absolute atomic E-state index is 5.92. The van der Waals surface area contributed by atoms with Crippen molar-refractivity contribution in [3.8, 4) is 0 Å². The number of halogens is 1. The van der Waals surface area contributed by atoms with Crippen molar-refractivity contribution in [1.82, 2.24) is 4.90 Å². The molecule has 17 heavy (non-hydrogen) atoms. The average Bonchev–Trinajstić information content (AvgIpc) is 2.77. The number of benzene rings is 1. The lowest BCUT2D eigenvalue weighted by Gasteiger charge is -2.29. The topological polar surface area (TPSA) is 15.6 Å². The molecule has 1 aromatic rings. The van der Waals surface area contributed by atoms with E-state index in [0.29, 0.717) is 0 Å². The van der Waals surface area contributed by atoms with Crippen molar-refractivity contribution in [3.05, 3.63) is 58.2 Å². The molecule has 4 heteroatoms. The van der Waals surface area contributed by atoms with E-state index in [0.717, 1.165) is 15.9 Å². The van der Waals surface area contributed by atoms with Crippen molar-refractivity contribution in [3.63, 3.8) is 0 Å². The highest BCUT2D eigenvalue weighted by atomic mass is 35.5. The molecule has 1 aromatic carbocycles. The van der Waals surface area contributed by atoms with Gasteiger partial charge in [0.25, 0.3) is 0 Å². The first-order valence-electron chi connectivity index (χ1n) is 5.38. The Labute approximate surface area is 110 Å². The van der Waals surface area contributed by atoms with Gasteiger partial charge >= 0.3 is 0 Å². The number of hydrogen-bond acceptors (Lipinski definition) is 3. The Morgan fingerprint density at radius 1 is 1.29 bits per heavy atom. The molecule has 0 spiro atoms. The lowest BCUT2D eigenvalue weighted by molar-refractivity contribution is 0.485. The number of aliphatic imine (C=N–C) groups is 1. The second-order valence-corrected chi connectivity index (χ2v) is 5.32. The summed E-state index contributed by atoms with van der Waals surface area (Å²) in [5, 5.41) is 3.88. The van der Waals surface area contributed by atoms with Crippen LogP contribution in [0, 0.1) is 0 Å². The van der Waals surface area contributed by atoms with Gasteiger partial charge in [-0.15, -0.1) is 0 Å². The zero-order chi connectivity index (χ0) is 11.8. The van der Waals surface area contributed by atoms with Crippen LogP contribution in [0.5, 0.6) is 0 Å². The third-order valence-electron chi connectivity index (χ3n) is 2.80. The molecule has 1 unspecified atom stereocenters. The van der Waals surface area contributed by atoms with E-state index < -0.39 is 0 Å². The SMILES string of the molecule is CC1=CC(c2ccc(Cl)cc2)N2C=CSC2=N1. The van der Waals surface area contributed by atoms with Crippen molar-refractivity contribution in [1.29, 1.82) is 0 Å². The number of fused-ring (bicyclic) bond motifs is 1. The van der Waals surface area contributed by atoms with Crippen LogP contribution in [0.2, 0.25) is 5.02 Å². The molecular formula is C13H11ClN2S. The summed E-state index contributed by atoms with van der Waals surface area (Å²) in [7, 11) is 0. The van der Waals surface area contributed by atoms with Gasteiger partial charge in [-0.2, -0.15) is 0 Å². The van der Waals surface area contributed by atoms with Crippen molar-refractivity contribution < 1.29 is 0 Å².